The summed E-state index contributed by atoms with van der Waals surface area (Å²) in [6.45, 7) is 3.35. The average Bonchev–Trinajstić information content (AvgIpc) is 2.49. The molecule has 0 aromatic heterocycles. The first-order valence-corrected chi connectivity index (χ1v) is 7.95. The molecule has 1 aliphatic rings. The van der Waals surface area contributed by atoms with E-state index in [1.165, 1.54) is 19.3 Å². The highest BCUT2D eigenvalue weighted by atomic mass is 16.5. The van der Waals surface area contributed by atoms with Crippen molar-refractivity contribution < 1.29 is 19.5 Å². The van der Waals surface area contributed by atoms with Crippen molar-refractivity contribution >= 4 is 5.97 Å². The van der Waals surface area contributed by atoms with Gasteiger partial charge in [-0.25, -0.2) is 0 Å². The van der Waals surface area contributed by atoms with Crippen molar-refractivity contribution in [1.29, 1.82) is 0 Å². The first-order chi connectivity index (χ1) is 10.2. The van der Waals surface area contributed by atoms with Gasteiger partial charge in [0.25, 0.3) is 0 Å². The van der Waals surface area contributed by atoms with E-state index in [0.717, 1.165) is 29.1 Å². The van der Waals surface area contributed by atoms with Crippen LogP contribution in [-0.2, 0) is 11.3 Å². The van der Waals surface area contributed by atoms with Gasteiger partial charge in [0.05, 0.1) is 18.6 Å². The predicted molar refractivity (Wildman–Crippen MR) is 79.0 cm³/mol. The van der Waals surface area contributed by atoms with Gasteiger partial charge in [-0.15, -0.1) is 0 Å². The third kappa shape index (κ3) is 4.74. The van der Waals surface area contributed by atoms with E-state index in [4.69, 9.17) is 4.74 Å². The van der Waals surface area contributed by atoms with Crippen LogP contribution in [0.3, 0.4) is 0 Å². The molecule has 0 amide bonds. The fourth-order valence-electron chi connectivity index (χ4n) is 3.24. The van der Waals surface area contributed by atoms with E-state index in [9.17, 15) is 9.90 Å². The van der Waals surface area contributed by atoms with Crippen molar-refractivity contribution in [3.63, 3.8) is 0 Å². The molecule has 0 aliphatic heterocycles. The molecule has 1 saturated carbocycles. The van der Waals surface area contributed by atoms with Crippen LogP contribution in [0.15, 0.2) is 24.3 Å². The number of benzene rings is 1. The molecule has 0 radical (unpaired) electrons. The molecule has 2 rings (SSSR count). The SMILES string of the molecule is CCOc1ccccc1C[NH+](CC(=O)[O-])C1CCCCC1. The molecule has 0 heterocycles. The van der Waals surface area contributed by atoms with Crippen LogP contribution in [0, 0.1) is 0 Å². The summed E-state index contributed by atoms with van der Waals surface area (Å²) in [4.78, 5) is 12.2. The zero-order chi connectivity index (χ0) is 15.1. The lowest BCUT2D eigenvalue weighted by molar-refractivity contribution is -0.934. The molecular weight excluding hydrogens is 266 g/mol. The van der Waals surface area contributed by atoms with Crippen molar-refractivity contribution in [1.82, 2.24) is 0 Å². The predicted octanol–water partition coefficient (Wildman–Crippen LogP) is 0.553. The van der Waals surface area contributed by atoms with E-state index in [-0.39, 0.29) is 6.54 Å². The first kappa shape index (κ1) is 15.8. The van der Waals surface area contributed by atoms with Gasteiger partial charge in [-0.05, 0) is 44.7 Å². The Morgan fingerprint density at radius 3 is 2.67 bits per heavy atom. The maximum absolute atomic E-state index is 11.1. The topological polar surface area (TPSA) is 53.8 Å². The Bertz CT molecular complexity index is 455. The second-order valence-corrected chi connectivity index (χ2v) is 5.76. The third-order valence-corrected chi connectivity index (χ3v) is 4.24. The first-order valence-electron chi connectivity index (χ1n) is 7.95. The third-order valence-electron chi connectivity index (χ3n) is 4.24. The molecule has 0 spiro atoms. The van der Waals surface area contributed by atoms with Crippen LogP contribution in [0.4, 0.5) is 0 Å². The Labute approximate surface area is 126 Å². The van der Waals surface area contributed by atoms with Crippen LogP contribution in [0.5, 0.6) is 5.75 Å². The van der Waals surface area contributed by atoms with E-state index in [1.807, 2.05) is 31.2 Å². The highest BCUT2D eigenvalue weighted by Crippen LogP contribution is 2.19. The van der Waals surface area contributed by atoms with Crippen molar-refractivity contribution in [3.05, 3.63) is 29.8 Å². The van der Waals surface area contributed by atoms with E-state index < -0.39 is 5.97 Å². The van der Waals surface area contributed by atoms with Gasteiger partial charge >= 0.3 is 0 Å². The summed E-state index contributed by atoms with van der Waals surface area (Å²) in [6.07, 6.45) is 5.89. The number of para-hydroxylation sites is 1. The Kier molecular flexibility index (Phi) is 6.05. The Morgan fingerprint density at radius 2 is 2.00 bits per heavy atom. The van der Waals surface area contributed by atoms with E-state index in [0.29, 0.717) is 19.2 Å². The lowest BCUT2D eigenvalue weighted by Crippen LogP contribution is -3.15. The van der Waals surface area contributed by atoms with Crippen molar-refractivity contribution in [2.24, 2.45) is 0 Å². The molecule has 21 heavy (non-hydrogen) atoms. The zero-order valence-corrected chi connectivity index (χ0v) is 12.8. The van der Waals surface area contributed by atoms with Crippen LogP contribution < -0.4 is 14.7 Å². The molecule has 4 nitrogen and oxygen atoms in total. The molecule has 1 fully saturated rings. The molecule has 1 aromatic carbocycles. The molecule has 0 saturated heterocycles. The minimum Gasteiger partial charge on any atom is -0.544 e. The smallest absolute Gasteiger partial charge is 0.128 e. The Morgan fingerprint density at radius 1 is 1.29 bits per heavy atom. The van der Waals surface area contributed by atoms with Crippen molar-refractivity contribution in [3.8, 4) is 5.75 Å². The molecular formula is C17H25NO3. The number of rotatable bonds is 7. The normalized spacial score (nSPS) is 17.4. The number of ether oxygens (including phenoxy) is 1. The number of nitrogens with one attached hydrogen (secondary N) is 1. The maximum atomic E-state index is 11.1. The molecule has 116 valence electrons. The average molecular weight is 291 g/mol. The van der Waals surface area contributed by atoms with Gasteiger partial charge in [0.1, 0.15) is 18.8 Å². The molecule has 0 bridgehead atoms. The number of carbonyl (C=O) groups excluding carboxylic acids is 1. The van der Waals surface area contributed by atoms with E-state index in [2.05, 4.69) is 0 Å². The van der Waals surface area contributed by atoms with Gasteiger partial charge in [-0.2, -0.15) is 0 Å². The summed E-state index contributed by atoms with van der Waals surface area (Å²) in [5.41, 5.74) is 1.08. The van der Waals surface area contributed by atoms with Crippen LogP contribution >= 0.6 is 0 Å². The quantitative estimate of drug-likeness (QED) is 0.798. The van der Waals surface area contributed by atoms with Crippen LogP contribution in [0.1, 0.15) is 44.6 Å². The molecule has 1 unspecified atom stereocenters. The Hall–Kier alpha value is -1.55. The molecule has 4 heteroatoms. The largest absolute Gasteiger partial charge is 0.544 e. The highest BCUT2D eigenvalue weighted by molar-refractivity contribution is 5.65. The number of carbonyl (C=O) groups is 1. The lowest BCUT2D eigenvalue weighted by Gasteiger charge is -2.32. The van der Waals surface area contributed by atoms with E-state index in [1.54, 1.807) is 0 Å². The summed E-state index contributed by atoms with van der Waals surface area (Å²) < 4.78 is 5.65. The second-order valence-electron chi connectivity index (χ2n) is 5.76. The standard InChI is InChI=1S/C17H25NO3/c1-2-21-16-11-7-6-8-14(16)12-18(13-17(19)20)15-9-4-3-5-10-15/h6-8,11,15H,2-5,9-10,12-13H2,1H3,(H,19,20). The summed E-state index contributed by atoms with van der Waals surface area (Å²) in [5, 5.41) is 11.1. The number of hydrogen-bond donors (Lipinski definition) is 1. The number of carboxylic acid groups (broad SMARTS) is 1. The maximum Gasteiger partial charge on any atom is 0.128 e. The van der Waals surface area contributed by atoms with E-state index >= 15 is 0 Å². The zero-order valence-electron chi connectivity index (χ0n) is 12.8. The summed E-state index contributed by atoms with van der Waals surface area (Å²) in [6, 6.07) is 8.34. The van der Waals surface area contributed by atoms with Crippen LogP contribution in [0.25, 0.3) is 0 Å². The van der Waals surface area contributed by atoms with Gasteiger partial charge in [0, 0.05) is 5.56 Å². The fraction of sp³-hybridized carbons (Fsp3) is 0.588. The summed E-state index contributed by atoms with van der Waals surface area (Å²) >= 11 is 0. The van der Waals surface area contributed by atoms with Crippen LogP contribution in [0.2, 0.25) is 0 Å². The van der Waals surface area contributed by atoms with Gasteiger partial charge < -0.3 is 19.5 Å². The second kappa shape index (κ2) is 8.03. The summed E-state index contributed by atoms with van der Waals surface area (Å²) in [7, 11) is 0. The lowest BCUT2D eigenvalue weighted by atomic mass is 9.93. The summed E-state index contributed by atoms with van der Waals surface area (Å²) in [5.74, 6) is -0.101. The van der Waals surface area contributed by atoms with Crippen molar-refractivity contribution in [2.75, 3.05) is 13.2 Å². The van der Waals surface area contributed by atoms with Crippen molar-refractivity contribution in [2.45, 2.75) is 51.6 Å². The molecule has 1 atom stereocenters. The minimum absolute atomic E-state index is 0.0745. The Balaban J connectivity index is 2.11. The molecule has 1 N–H and O–H groups in total. The fourth-order valence-corrected chi connectivity index (χ4v) is 3.24. The molecule has 1 aliphatic carbocycles. The minimum atomic E-state index is -0.968. The van der Waals surface area contributed by atoms with Gasteiger partial charge in [0.2, 0.25) is 0 Å². The van der Waals surface area contributed by atoms with Gasteiger partial charge in [-0.3, -0.25) is 0 Å². The molecule has 1 aromatic rings. The number of hydrogen-bond acceptors (Lipinski definition) is 3. The highest BCUT2D eigenvalue weighted by Gasteiger charge is 2.25. The number of quaternary nitrogens is 1. The number of aliphatic carboxylic acids is 1. The van der Waals surface area contributed by atoms with Gasteiger partial charge in [0.15, 0.2) is 0 Å². The van der Waals surface area contributed by atoms with Gasteiger partial charge in [-0.1, -0.05) is 18.6 Å². The van der Waals surface area contributed by atoms with Crippen LogP contribution in [-0.4, -0.2) is 25.2 Å². The number of carboxylic acids is 1. The monoisotopic (exact) mass is 291 g/mol.